The summed E-state index contributed by atoms with van der Waals surface area (Å²) in [6.45, 7) is 0. The fourth-order valence-corrected chi connectivity index (χ4v) is 8.65. The van der Waals surface area contributed by atoms with Gasteiger partial charge in [0.1, 0.15) is 0 Å². The van der Waals surface area contributed by atoms with Crippen molar-refractivity contribution in [1.29, 1.82) is 21.0 Å². The molecular weight excluding hydrogens is 765 g/mol. The van der Waals surface area contributed by atoms with E-state index in [4.69, 9.17) is 0 Å². The number of rotatable bonds is 6. The second kappa shape index (κ2) is 15.0. The molecule has 1 amide bonds. The number of amides is 1. The van der Waals surface area contributed by atoms with Crippen molar-refractivity contribution >= 4 is 33.4 Å². The van der Waals surface area contributed by atoms with Crippen molar-refractivity contribution in [2.75, 3.05) is 4.90 Å². The van der Waals surface area contributed by atoms with Crippen LogP contribution in [0.4, 0.5) is 5.69 Å². The summed E-state index contributed by atoms with van der Waals surface area (Å²) >= 11 is 0. The van der Waals surface area contributed by atoms with Crippen LogP contribution < -0.4 is 4.90 Å². The molecule has 62 heavy (non-hydrogen) atoms. The number of anilines is 1. The standard InChI is InChI=1S/C54H30N6O2/c55-29-33-18-34(30-56)21-41(20-33)39-14-16-49-47(27-39)48-28-40(42-22-35(31-57)19-36(23-42)32-58)15-17-50(48)60(49)51-13-7-12-46-52(51)54(62)59(53(46)61)45-25-43(37-8-3-1-4-9-37)24-44(26-45)38-10-5-2-6-11-38/h1-28,53,61H. The first-order chi connectivity index (χ1) is 30.3. The van der Waals surface area contributed by atoms with E-state index in [-0.39, 0.29) is 5.91 Å². The normalized spacial score (nSPS) is 13.0. The fourth-order valence-electron chi connectivity index (χ4n) is 8.65. The average Bonchev–Trinajstić information content (AvgIpc) is 3.80. The first-order valence-corrected chi connectivity index (χ1v) is 19.8. The average molecular weight is 795 g/mol. The van der Waals surface area contributed by atoms with Gasteiger partial charge < -0.3 is 9.67 Å². The Bertz CT molecular complexity index is 3250. The molecule has 2 heterocycles. The van der Waals surface area contributed by atoms with Crippen LogP contribution in [0.3, 0.4) is 0 Å². The Kier molecular flexibility index (Phi) is 8.98. The number of benzene rings is 8. The number of nitrogens with zero attached hydrogens (tertiary/aromatic N) is 6. The Morgan fingerprint density at radius 1 is 0.435 bits per heavy atom. The first kappa shape index (κ1) is 37.2. The van der Waals surface area contributed by atoms with Gasteiger partial charge in [0.05, 0.1) is 68.8 Å². The van der Waals surface area contributed by atoms with Gasteiger partial charge in [0.25, 0.3) is 5.91 Å². The quantitative estimate of drug-likeness (QED) is 0.178. The van der Waals surface area contributed by atoms with Crippen LogP contribution in [0.5, 0.6) is 0 Å². The van der Waals surface area contributed by atoms with Crippen LogP contribution in [-0.4, -0.2) is 15.6 Å². The lowest BCUT2D eigenvalue weighted by Crippen LogP contribution is -2.27. The number of carbonyl (C=O) groups is 1. The molecule has 0 radical (unpaired) electrons. The van der Waals surface area contributed by atoms with Crippen molar-refractivity contribution in [1.82, 2.24) is 4.57 Å². The van der Waals surface area contributed by atoms with Gasteiger partial charge in [-0.2, -0.15) is 21.0 Å². The summed E-state index contributed by atoms with van der Waals surface area (Å²) in [5, 5.41) is 52.9. The summed E-state index contributed by atoms with van der Waals surface area (Å²) in [5.41, 5.74) is 11.6. The lowest BCUT2D eigenvalue weighted by atomic mass is 9.97. The number of hydrogen-bond donors (Lipinski definition) is 1. The van der Waals surface area contributed by atoms with Gasteiger partial charge in [0, 0.05) is 22.0 Å². The van der Waals surface area contributed by atoms with Crippen LogP contribution in [0.15, 0.2) is 170 Å². The topological polar surface area (TPSA) is 141 Å². The second-order valence-electron chi connectivity index (χ2n) is 15.1. The molecular formula is C54H30N6O2. The number of aliphatic hydroxyl groups is 1. The number of aliphatic hydroxyl groups excluding tert-OH is 1. The Hall–Kier alpha value is -9.05. The summed E-state index contributed by atoms with van der Waals surface area (Å²) < 4.78 is 2.03. The van der Waals surface area contributed by atoms with Crippen molar-refractivity contribution < 1.29 is 9.90 Å². The van der Waals surface area contributed by atoms with Gasteiger partial charge >= 0.3 is 0 Å². The van der Waals surface area contributed by atoms with Gasteiger partial charge in [-0.05, 0) is 129 Å². The van der Waals surface area contributed by atoms with Gasteiger partial charge in [-0.3, -0.25) is 9.69 Å². The molecule has 1 N–H and O–H groups in total. The van der Waals surface area contributed by atoms with Crippen molar-refractivity contribution in [3.63, 3.8) is 0 Å². The number of carbonyl (C=O) groups excluding carboxylic acids is 1. The predicted molar refractivity (Wildman–Crippen MR) is 240 cm³/mol. The van der Waals surface area contributed by atoms with E-state index in [0.29, 0.717) is 55.9 Å². The van der Waals surface area contributed by atoms with Gasteiger partial charge in [0.2, 0.25) is 0 Å². The highest BCUT2D eigenvalue weighted by Gasteiger charge is 2.39. The number of aromatic nitrogens is 1. The molecule has 0 bridgehead atoms. The SMILES string of the molecule is N#Cc1cc(C#N)cc(-c2ccc3c(c2)c2cc(-c4cc(C#N)cc(C#N)c4)ccc2n3-c2cccc3c2C(=O)N(c2cc(-c4ccccc4)cc(-c4ccccc4)c2)C3O)c1. The zero-order valence-electron chi connectivity index (χ0n) is 32.8. The number of hydrogen-bond acceptors (Lipinski definition) is 6. The van der Waals surface area contributed by atoms with Crippen LogP contribution >= 0.6 is 0 Å². The van der Waals surface area contributed by atoms with E-state index in [1.165, 1.54) is 4.90 Å². The summed E-state index contributed by atoms with van der Waals surface area (Å²) in [6.07, 6.45) is -1.28. The molecule has 0 saturated heterocycles. The van der Waals surface area contributed by atoms with Gasteiger partial charge in [0.15, 0.2) is 6.23 Å². The lowest BCUT2D eigenvalue weighted by molar-refractivity contribution is 0.0935. The van der Waals surface area contributed by atoms with E-state index in [0.717, 1.165) is 55.2 Å². The summed E-state index contributed by atoms with van der Waals surface area (Å²) in [5.74, 6) is -0.356. The molecule has 1 aliphatic heterocycles. The molecule has 10 rings (SSSR count). The molecule has 0 aliphatic carbocycles. The minimum absolute atomic E-state index is 0.356. The smallest absolute Gasteiger partial charge is 0.263 e. The maximum Gasteiger partial charge on any atom is 0.263 e. The molecule has 8 aromatic carbocycles. The predicted octanol–water partition coefficient (Wildman–Crippen LogP) is 11.6. The molecule has 1 aromatic heterocycles. The van der Waals surface area contributed by atoms with E-state index in [9.17, 15) is 26.2 Å². The Morgan fingerprint density at radius 2 is 0.887 bits per heavy atom. The minimum atomic E-state index is -1.28. The number of fused-ring (bicyclic) bond motifs is 4. The third kappa shape index (κ3) is 6.22. The van der Waals surface area contributed by atoms with E-state index in [1.807, 2.05) is 126 Å². The van der Waals surface area contributed by atoms with Crippen LogP contribution in [0.25, 0.3) is 72.0 Å². The van der Waals surface area contributed by atoms with E-state index in [2.05, 4.69) is 30.3 Å². The zero-order chi connectivity index (χ0) is 42.5. The molecule has 1 unspecified atom stereocenters. The molecule has 1 atom stereocenters. The highest BCUT2D eigenvalue weighted by molar-refractivity contribution is 6.16. The van der Waals surface area contributed by atoms with Crippen LogP contribution in [0.2, 0.25) is 0 Å². The highest BCUT2D eigenvalue weighted by Crippen LogP contribution is 2.44. The van der Waals surface area contributed by atoms with Gasteiger partial charge in [-0.1, -0.05) is 84.9 Å². The van der Waals surface area contributed by atoms with E-state index < -0.39 is 6.23 Å². The van der Waals surface area contributed by atoms with Crippen LogP contribution in [-0.2, 0) is 0 Å². The second-order valence-corrected chi connectivity index (χ2v) is 15.1. The zero-order valence-corrected chi connectivity index (χ0v) is 32.8. The van der Waals surface area contributed by atoms with Gasteiger partial charge in [-0.15, -0.1) is 0 Å². The molecule has 9 aromatic rings. The van der Waals surface area contributed by atoms with Crippen LogP contribution in [0, 0.1) is 45.3 Å². The molecule has 0 saturated carbocycles. The molecule has 288 valence electrons. The fraction of sp³-hybridized carbons (Fsp3) is 0.0185. The lowest BCUT2D eigenvalue weighted by Gasteiger charge is -2.23. The summed E-state index contributed by atoms with van der Waals surface area (Å²) in [6, 6.07) is 61.9. The maximum atomic E-state index is 15.1. The highest BCUT2D eigenvalue weighted by atomic mass is 16.3. The minimum Gasteiger partial charge on any atom is -0.369 e. The molecule has 0 fully saturated rings. The Morgan fingerprint density at radius 3 is 1.34 bits per heavy atom. The van der Waals surface area contributed by atoms with E-state index in [1.54, 1.807) is 42.5 Å². The Labute approximate surface area is 356 Å². The largest absolute Gasteiger partial charge is 0.369 e. The monoisotopic (exact) mass is 794 g/mol. The van der Waals surface area contributed by atoms with Crippen molar-refractivity contribution in [3.05, 3.63) is 203 Å². The molecule has 8 nitrogen and oxygen atoms in total. The Balaban J connectivity index is 1.18. The maximum absolute atomic E-state index is 15.1. The summed E-state index contributed by atoms with van der Waals surface area (Å²) in [4.78, 5) is 16.5. The van der Waals surface area contributed by atoms with Crippen molar-refractivity contribution in [2.24, 2.45) is 0 Å². The first-order valence-electron chi connectivity index (χ1n) is 19.8. The van der Waals surface area contributed by atoms with Crippen molar-refractivity contribution in [3.8, 4) is 74.5 Å². The van der Waals surface area contributed by atoms with Crippen LogP contribution in [0.1, 0.15) is 44.4 Å². The molecule has 8 heteroatoms. The number of nitriles is 4. The molecule has 0 spiro atoms. The van der Waals surface area contributed by atoms with E-state index >= 15 is 4.79 Å². The van der Waals surface area contributed by atoms with Crippen molar-refractivity contribution in [2.45, 2.75) is 6.23 Å². The third-order valence-electron chi connectivity index (χ3n) is 11.5. The molecule has 1 aliphatic rings. The van der Waals surface area contributed by atoms with Gasteiger partial charge in [-0.25, -0.2) is 0 Å². The third-order valence-corrected chi connectivity index (χ3v) is 11.5. The summed E-state index contributed by atoms with van der Waals surface area (Å²) in [7, 11) is 0.